The second-order valence-electron chi connectivity index (χ2n) is 8.69. The molecule has 1 aromatic carbocycles. The van der Waals surface area contributed by atoms with Gasteiger partial charge in [0.15, 0.2) is 0 Å². The van der Waals surface area contributed by atoms with Crippen LogP contribution in [0.5, 0.6) is 0 Å². The molecule has 3 heterocycles. The first-order chi connectivity index (χ1) is 11.8. The lowest BCUT2D eigenvalue weighted by molar-refractivity contribution is -0.974. The number of rotatable bonds is 2. The first-order valence-electron chi connectivity index (χ1n) is 9.32. The third kappa shape index (κ3) is 2.53. The Balaban J connectivity index is 1.80. The molecule has 0 aliphatic carbocycles. The average Bonchev–Trinajstić information content (AvgIpc) is 2.94. The maximum Gasteiger partial charge on any atom is 0.251 e. The Bertz CT molecular complexity index is 872. The minimum atomic E-state index is -0.162. The normalized spacial score (nSPS) is 22.5. The van der Waals surface area contributed by atoms with Crippen molar-refractivity contribution in [2.24, 2.45) is 0 Å². The highest BCUT2D eigenvalue weighted by Crippen LogP contribution is 2.40. The van der Waals surface area contributed by atoms with Gasteiger partial charge in [0.2, 0.25) is 0 Å². The second kappa shape index (κ2) is 5.66. The van der Waals surface area contributed by atoms with Gasteiger partial charge in [-0.15, -0.1) is 0 Å². The van der Waals surface area contributed by atoms with Crippen LogP contribution in [0.25, 0.3) is 10.9 Å². The summed E-state index contributed by atoms with van der Waals surface area (Å²) in [7, 11) is 0. The van der Waals surface area contributed by atoms with Crippen molar-refractivity contribution in [3.8, 4) is 0 Å². The molecule has 0 saturated carbocycles. The summed E-state index contributed by atoms with van der Waals surface area (Å²) in [6.07, 6.45) is 4.60. The van der Waals surface area contributed by atoms with Gasteiger partial charge < -0.3 is 9.05 Å². The molecule has 2 aliphatic rings. The van der Waals surface area contributed by atoms with E-state index in [2.05, 4.69) is 27.2 Å². The number of nitrogens with zero attached hydrogens (tertiary/aromatic N) is 2. The van der Waals surface area contributed by atoms with Gasteiger partial charge in [-0.1, -0.05) is 0 Å². The lowest BCUT2D eigenvalue weighted by atomic mass is 9.90. The molecule has 0 spiro atoms. The molecule has 2 aliphatic heterocycles. The molecule has 1 atom stereocenters. The van der Waals surface area contributed by atoms with Gasteiger partial charge in [0.25, 0.3) is 5.56 Å². The number of benzene rings is 1. The van der Waals surface area contributed by atoms with Crippen LogP contribution in [0.1, 0.15) is 45.1 Å². The van der Waals surface area contributed by atoms with E-state index < -0.39 is 0 Å². The molecule has 4 rings (SSSR count). The predicted octanol–water partition coefficient (Wildman–Crippen LogP) is 3.85. The number of likely N-dealkylation sites (tertiary alicyclic amines) is 1. The second-order valence-corrected chi connectivity index (χ2v) is 8.69. The predicted molar refractivity (Wildman–Crippen MR) is 99.1 cm³/mol. The molecule has 2 aromatic rings. The van der Waals surface area contributed by atoms with E-state index >= 15 is 0 Å². The van der Waals surface area contributed by atoms with Crippen molar-refractivity contribution >= 4 is 10.9 Å². The van der Waals surface area contributed by atoms with Gasteiger partial charge in [0.05, 0.1) is 36.6 Å². The molecule has 0 bridgehead atoms. The minimum absolute atomic E-state index is 0.0175. The van der Waals surface area contributed by atoms with Crippen molar-refractivity contribution in [2.45, 2.75) is 51.6 Å². The molecule has 1 aromatic heterocycles. The zero-order valence-corrected chi connectivity index (χ0v) is 15.4. The number of piperidine rings is 1. The van der Waals surface area contributed by atoms with Crippen LogP contribution in [0.3, 0.4) is 0 Å². The highest BCUT2D eigenvalue weighted by atomic mass is 19.1. The van der Waals surface area contributed by atoms with E-state index in [9.17, 15) is 9.18 Å². The summed E-state index contributed by atoms with van der Waals surface area (Å²) in [6, 6.07) is 6.78. The van der Waals surface area contributed by atoms with Crippen molar-refractivity contribution in [3.05, 3.63) is 52.4 Å². The minimum Gasteiger partial charge on any atom is -0.319 e. The molecule has 1 unspecified atom stereocenters. The summed E-state index contributed by atoms with van der Waals surface area (Å²) >= 11 is 0. The molecule has 1 radical (unpaired) electrons. The van der Waals surface area contributed by atoms with Crippen molar-refractivity contribution in [3.63, 3.8) is 0 Å². The highest BCUT2D eigenvalue weighted by molar-refractivity contribution is 5.84. The number of hydrogen-bond donors (Lipinski definition) is 0. The van der Waals surface area contributed by atoms with Crippen LogP contribution in [-0.4, -0.2) is 34.2 Å². The van der Waals surface area contributed by atoms with Crippen LogP contribution in [0.4, 0.5) is 4.39 Å². The Morgan fingerprint density at radius 1 is 1.16 bits per heavy atom. The molecule has 1 saturated heterocycles. The number of aromatic nitrogens is 1. The van der Waals surface area contributed by atoms with Gasteiger partial charge in [-0.3, -0.25) is 4.79 Å². The van der Waals surface area contributed by atoms with Gasteiger partial charge in [0.1, 0.15) is 5.82 Å². The first kappa shape index (κ1) is 16.8. The van der Waals surface area contributed by atoms with E-state index in [4.69, 9.17) is 0 Å². The lowest BCUT2D eigenvalue weighted by Gasteiger charge is -2.52. The Hall–Kier alpha value is -1.68. The van der Waals surface area contributed by atoms with Crippen molar-refractivity contribution < 1.29 is 8.87 Å². The SMILES string of the molecule is CC(C)(C)[N+]1(CC2Cn3c(=O)ccc4ccc(F)c2c43)CC[CH]CC1. The van der Waals surface area contributed by atoms with Gasteiger partial charge in [-0.05, 0) is 63.6 Å². The molecule has 133 valence electrons. The maximum absolute atomic E-state index is 14.8. The lowest BCUT2D eigenvalue weighted by Crippen LogP contribution is -2.63. The fourth-order valence-corrected chi connectivity index (χ4v) is 4.91. The Kier molecular flexibility index (Phi) is 3.80. The van der Waals surface area contributed by atoms with E-state index in [1.165, 1.54) is 0 Å². The van der Waals surface area contributed by atoms with E-state index in [0.29, 0.717) is 6.54 Å². The molecule has 3 nitrogen and oxygen atoms in total. The molecular formula is C21H27FN2O+. The first-order valence-corrected chi connectivity index (χ1v) is 9.32. The summed E-state index contributed by atoms with van der Waals surface area (Å²) in [5.41, 5.74) is 1.66. The zero-order chi connectivity index (χ0) is 17.8. The van der Waals surface area contributed by atoms with Crippen LogP contribution < -0.4 is 5.56 Å². The fourth-order valence-electron chi connectivity index (χ4n) is 4.91. The number of halogens is 1. The van der Waals surface area contributed by atoms with Crippen LogP contribution in [0.15, 0.2) is 29.1 Å². The van der Waals surface area contributed by atoms with Crippen molar-refractivity contribution in [2.75, 3.05) is 19.6 Å². The highest BCUT2D eigenvalue weighted by Gasteiger charge is 2.45. The summed E-state index contributed by atoms with van der Waals surface area (Å²) in [5, 5.41) is 0.966. The molecule has 4 heteroatoms. The van der Waals surface area contributed by atoms with E-state index in [1.54, 1.807) is 22.8 Å². The Labute approximate surface area is 148 Å². The molecule has 0 N–H and O–H groups in total. The molecule has 25 heavy (non-hydrogen) atoms. The fraction of sp³-hybridized carbons (Fsp3) is 0.524. The van der Waals surface area contributed by atoms with Crippen LogP contribution in [0, 0.1) is 12.2 Å². The Morgan fingerprint density at radius 2 is 1.84 bits per heavy atom. The van der Waals surface area contributed by atoms with Crippen LogP contribution in [-0.2, 0) is 6.54 Å². The molecule has 1 fully saturated rings. The smallest absolute Gasteiger partial charge is 0.251 e. The summed E-state index contributed by atoms with van der Waals surface area (Å²) in [5.74, 6) is -0.0962. The number of hydrogen-bond acceptors (Lipinski definition) is 1. The van der Waals surface area contributed by atoms with E-state index in [-0.39, 0.29) is 22.8 Å². The van der Waals surface area contributed by atoms with Crippen molar-refractivity contribution in [1.29, 1.82) is 0 Å². The quantitative estimate of drug-likeness (QED) is 0.760. The Morgan fingerprint density at radius 3 is 2.52 bits per heavy atom. The monoisotopic (exact) mass is 342 g/mol. The third-order valence-corrected chi connectivity index (χ3v) is 6.46. The van der Waals surface area contributed by atoms with Gasteiger partial charge in [-0.2, -0.15) is 0 Å². The largest absolute Gasteiger partial charge is 0.319 e. The van der Waals surface area contributed by atoms with Gasteiger partial charge in [0, 0.05) is 18.2 Å². The third-order valence-electron chi connectivity index (χ3n) is 6.46. The maximum atomic E-state index is 14.8. The van der Waals surface area contributed by atoms with Gasteiger partial charge in [-0.25, -0.2) is 4.39 Å². The van der Waals surface area contributed by atoms with Gasteiger partial charge >= 0.3 is 0 Å². The van der Waals surface area contributed by atoms with E-state index in [0.717, 1.165) is 53.4 Å². The summed E-state index contributed by atoms with van der Waals surface area (Å²) in [6.45, 7) is 10.6. The topological polar surface area (TPSA) is 22.0 Å². The van der Waals surface area contributed by atoms with E-state index in [1.807, 2.05) is 6.07 Å². The molecular weight excluding hydrogens is 315 g/mol. The van der Waals surface area contributed by atoms with Crippen LogP contribution in [0.2, 0.25) is 0 Å². The van der Waals surface area contributed by atoms with Crippen molar-refractivity contribution in [1.82, 2.24) is 4.57 Å². The summed E-state index contributed by atoms with van der Waals surface area (Å²) in [4.78, 5) is 12.4. The molecule has 0 amide bonds. The zero-order valence-electron chi connectivity index (χ0n) is 15.4. The number of quaternary nitrogens is 1. The standard InChI is InChI=1S/C21H27FN2O/c1-21(2,3)24(11-5-4-6-12-24)14-16-13-23-18(25)10-8-15-7-9-17(22)19(16)20(15)23/h4,7-10,16H,5-6,11-14H2,1-3H3/q+1. The number of pyridine rings is 1. The average molecular weight is 342 g/mol. The van der Waals surface area contributed by atoms with Crippen LogP contribution >= 0.6 is 0 Å². The summed E-state index contributed by atoms with van der Waals surface area (Å²) < 4.78 is 17.6.